The van der Waals surface area contributed by atoms with Gasteiger partial charge < -0.3 is 9.88 Å². The van der Waals surface area contributed by atoms with Crippen molar-refractivity contribution in [3.63, 3.8) is 0 Å². The van der Waals surface area contributed by atoms with Crippen LogP contribution in [-0.4, -0.2) is 20.3 Å². The smallest absolute Gasteiger partial charge is 0.222 e. The highest BCUT2D eigenvalue weighted by atomic mass is 19.1. The third-order valence-electron chi connectivity index (χ3n) is 4.44. The predicted octanol–water partition coefficient (Wildman–Crippen LogP) is 2.84. The second-order valence-corrected chi connectivity index (χ2v) is 6.01. The van der Waals surface area contributed by atoms with Gasteiger partial charge in [-0.05, 0) is 43.5 Å². The Balaban J connectivity index is 1.60. The van der Waals surface area contributed by atoms with E-state index in [0.29, 0.717) is 19.5 Å². The van der Waals surface area contributed by atoms with Gasteiger partial charge in [-0.1, -0.05) is 0 Å². The van der Waals surface area contributed by atoms with Crippen LogP contribution in [0.15, 0.2) is 30.5 Å². The molecule has 3 rings (SSSR count). The molecule has 24 heavy (non-hydrogen) atoms. The summed E-state index contributed by atoms with van der Waals surface area (Å²) >= 11 is 0. The predicted molar refractivity (Wildman–Crippen MR) is 91.0 cm³/mol. The first-order valence-corrected chi connectivity index (χ1v) is 7.96. The molecule has 0 spiro atoms. The molecule has 2 heterocycles. The lowest BCUT2D eigenvalue weighted by Gasteiger charge is -2.08. The molecule has 0 saturated carbocycles. The Kier molecular flexibility index (Phi) is 4.38. The molecular formula is C18H21FN4O. The van der Waals surface area contributed by atoms with Gasteiger partial charge in [0.05, 0.1) is 11.2 Å². The third kappa shape index (κ3) is 3.18. The Morgan fingerprint density at radius 3 is 2.79 bits per heavy atom. The van der Waals surface area contributed by atoms with E-state index in [-0.39, 0.29) is 11.7 Å². The SMILES string of the molecule is Cc1nn(C)c(C)c1CNC(=O)CCn1ccc2ccc(F)cc21. The number of aryl methyl sites for hydroxylation is 3. The molecule has 0 aliphatic carbocycles. The first-order chi connectivity index (χ1) is 11.5. The minimum Gasteiger partial charge on any atom is -0.352 e. The lowest BCUT2D eigenvalue weighted by Crippen LogP contribution is -2.24. The maximum Gasteiger partial charge on any atom is 0.222 e. The Labute approximate surface area is 140 Å². The fourth-order valence-electron chi connectivity index (χ4n) is 2.92. The fourth-order valence-corrected chi connectivity index (χ4v) is 2.92. The summed E-state index contributed by atoms with van der Waals surface area (Å²) in [4.78, 5) is 12.1. The topological polar surface area (TPSA) is 51.9 Å². The van der Waals surface area contributed by atoms with Crippen LogP contribution in [0.1, 0.15) is 23.4 Å². The molecule has 6 heteroatoms. The molecule has 0 atom stereocenters. The van der Waals surface area contributed by atoms with Gasteiger partial charge >= 0.3 is 0 Å². The zero-order valence-corrected chi connectivity index (χ0v) is 14.1. The van der Waals surface area contributed by atoms with Crippen molar-refractivity contribution in [1.29, 1.82) is 0 Å². The summed E-state index contributed by atoms with van der Waals surface area (Å²) in [6.45, 7) is 4.92. The number of fused-ring (bicyclic) bond motifs is 1. The molecule has 126 valence electrons. The molecule has 0 unspecified atom stereocenters. The van der Waals surface area contributed by atoms with Crippen LogP contribution in [0.5, 0.6) is 0 Å². The Morgan fingerprint density at radius 2 is 2.08 bits per heavy atom. The summed E-state index contributed by atoms with van der Waals surface area (Å²) in [5.41, 5.74) is 3.85. The van der Waals surface area contributed by atoms with Gasteiger partial charge in [0.25, 0.3) is 0 Å². The Hall–Kier alpha value is -2.63. The molecule has 0 fully saturated rings. The second kappa shape index (κ2) is 6.47. The van der Waals surface area contributed by atoms with Gasteiger partial charge in [-0.15, -0.1) is 0 Å². The average Bonchev–Trinajstić information content (AvgIpc) is 3.04. The lowest BCUT2D eigenvalue weighted by molar-refractivity contribution is -0.121. The highest BCUT2D eigenvalue weighted by molar-refractivity contribution is 5.80. The number of carbonyl (C=O) groups is 1. The zero-order valence-electron chi connectivity index (χ0n) is 14.1. The van der Waals surface area contributed by atoms with Crippen LogP contribution >= 0.6 is 0 Å². The first-order valence-electron chi connectivity index (χ1n) is 7.96. The largest absolute Gasteiger partial charge is 0.352 e. The van der Waals surface area contributed by atoms with Crippen molar-refractivity contribution in [1.82, 2.24) is 19.7 Å². The number of aromatic nitrogens is 3. The number of amides is 1. The molecule has 5 nitrogen and oxygen atoms in total. The average molecular weight is 328 g/mol. The number of hydrogen-bond donors (Lipinski definition) is 1. The van der Waals surface area contributed by atoms with Gasteiger partial charge in [0.1, 0.15) is 5.82 Å². The second-order valence-electron chi connectivity index (χ2n) is 6.01. The minimum absolute atomic E-state index is 0.0316. The highest BCUT2D eigenvalue weighted by Crippen LogP contribution is 2.17. The molecule has 0 bridgehead atoms. The molecular weight excluding hydrogens is 307 g/mol. The highest BCUT2D eigenvalue weighted by Gasteiger charge is 2.11. The zero-order chi connectivity index (χ0) is 17.3. The summed E-state index contributed by atoms with van der Waals surface area (Å²) < 4.78 is 17.1. The maximum atomic E-state index is 13.4. The summed E-state index contributed by atoms with van der Waals surface area (Å²) in [7, 11) is 1.89. The van der Waals surface area contributed by atoms with Crippen molar-refractivity contribution in [3.8, 4) is 0 Å². The van der Waals surface area contributed by atoms with Crippen LogP contribution in [0.3, 0.4) is 0 Å². The van der Waals surface area contributed by atoms with E-state index >= 15 is 0 Å². The quantitative estimate of drug-likeness (QED) is 0.783. The number of halogens is 1. The van der Waals surface area contributed by atoms with E-state index in [9.17, 15) is 9.18 Å². The van der Waals surface area contributed by atoms with E-state index in [0.717, 1.165) is 27.9 Å². The van der Waals surface area contributed by atoms with Crippen molar-refractivity contribution in [2.75, 3.05) is 0 Å². The van der Waals surface area contributed by atoms with Gasteiger partial charge in [-0.25, -0.2) is 4.39 Å². The van der Waals surface area contributed by atoms with Crippen LogP contribution in [-0.2, 0) is 24.9 Å². The Morgan fingerprint density at radius 1 is 1.29 bits per heavy atom. The molecule has 0 aliphatic rings. The van der Waals surface area contributed by atoms with E-state index in [1.54, 1.807) is 6.07 Å². The number of nitrogens with one attached hydrogen (secondary N) is 1. The Bertz CT molecular complexity index is 894. The third-order valence-corrected chi connectivity index (χ3v) is 4.44. The summed E-state index contributed by atoms with van der Waals surface area (Å²) in [6.07, 6.45) is 2.23. The molecule has 1 N–H and O–H groups in total. The molecule has 3 aromatic rings. The number of benzene rings is 1. The minimum atomic E-state index is -0.269. The van der Waals surface area contributed by atoms with E-state index in [1.165, 1.54) is 12.1 Å². The van der Waals surface area contributed by atoms with Crippen LogP contribution in [0.2, 0.25) is 0 Å². The lowest BCUT2D eigenvalue weighted by atomic mass is 10.2. The molecule has 0 aliphatic heterocycles. The van der Waals surface area contributed by atoms with E-state index in [2.05, 4.69) is 10.4 Å². The van der Waals surface area contributed by atoms with Crippen molar-refractivity contribution >= 4 is 16.8 Å². The monoisotopic (exact) mass is 328 g/mol. The van der Waals surface area contributed by atoms with E-state index in [1.807, 2.05) is 42.4 Å². The van der Waals surface area contributed by atoms with Crippen molar-refractivity contribution in [2.24, 2.45) is 7.05 Å². The summed E-state index contributed by atoms with van der Waals surface area (Å²) in [5, 5.41) is 8.25. The van der Waals surface area contributed by atoms with E-state index < -0.39 is 0 Å². The van der Waals surface area contributed by atoms with Crippen molar-refractivity contribution in [3.05, 3.63) is 53.2 Å². The van der Waals surface area contributed by atoms with Gasteiger partial charge in [-0.2, -0.15) is 5.10 Å². The van der Waals surface area contributed by atoms with Gasteiger partial charge in [0, 0.05) is 44.0 Å². The van der Waals surface area contributed by atoms with Crippen LogP contribution in [0.25, 0.3) is 10.9 Å². The van der Waals surface area contributed by atoms with Crippen LogP contribution in [0, 0.1) is 19.7 Å². The summed E-state index contributed by atoms with van der Waals surface area (Å²) in [5.74, 6) is -0.301. The molecule has 1 aromatic carbocycles. The first kappa shape index (κ1) is 16.2. The van der Waals surface area contributed by atoms with E-state index in [4.69, 9.17) is 0 Å². The van der Waals surface area contributed by atoms with Crippen LogP contribution < -0.4 is 5.32 Å². The molecule has 1 amide bonds. The van der Waals surface area contributed by atoms with Crippen LogP contribution in [0.4, 0.5) is 4.39 Å². The molecule has 0 radical (unpaired) electrons. The molecule has 0 saturated heterocycles. The maximum absolute atomic E-state index is 13.4. The number of nitrogens with zero attached hydrogens (tertiary/aromatic N) is 3. The number of rotatable bonds is 5. The van der Waals surface area contributed by atoms with Gasteiger partial charge in [0.15, 0.2) is 0 Å². The van der Waals surface area contributed by atoms with Gasteiger partial charge in [0.2, 0.25) is 5.91 Å². The van der Waals surface area contributed by atoms with Crippen molar-refractivity contribution in [2.45, 2.75) is 33.4 Å². The van der Waals surface area contributed by atoms with Gasteiger partial charge in [-0.3, -0.25) is 9.48 Å². The fraction of sp³-hybridized carbons (Fsp3) is 0.333. The van der Waals surface area contributed by atoms with Crippen molar-refractivity contribution < 1.29 is 9.18 Å². The summed E-state index contributed by atoms with van der Waals surface area (Å²) in [6, 6.07) is 6.61. The number of carbonyl (C=O) groups excluding carboxylic acids is 1. The standard InChI is InChI=1S/C18H21FN4O/c1-12-16(13(2)22(3)21-12)11-20-18(24)7-9-23-8-6-14-4-5-15(19)10-17(14)23/h4-6,8,10H,7,9,11H2,1-3H3,(H,20,24). The normalized spacial score (nSPS) is 11.2. The molecule has 2 aromatic heterocycles. The number of hydrogen-bond acceptors (Lipinski definition) is 2.